The van der Waals surface area contributed by atoms with Crippen LogP contribution in [0.4, 0.5) is 4.39 Å². The van der Waals surface area contributed by atoms with Crippen molar-refractivity contribution in [3.05, 3.63) is 10.8 Å². The quantitative estimate of drug-likeness (QED) is 0.600. The van der Waals surface area contributed by atoms with Gasteiger partial charge >= 0.3 is 5.97 Å². The number of carbonyl (C=O) groups is 1. The summed E-state index contributed by atoms with van der Waals surface area (Å²) in [6.07, 6.45) is -0.0255. The van der Waals surface area contributed by atoms with Crippen molar-refractivity contribution in [2.75, 3.05) is 0 Å². The van der Waals surface area contributed by atoms with Gasteiger partial charge in [0.05, 0.1) is 0 Å². The lowest BCUT2D eigenvalue weighted by atomic mass is 10.7. The van der Waals surface area contributed by atoms with Gasteiger partial charge in [-0.05, 0) is 15.9 Å². The Balaban J connectivity index is 3.82. The predicted octanol–water partition coefficient (Wildman–Crippen LogP) is 1.28. The Morgan fingerprint density at radius 3 is 2.29 bits per heavy atom. The Kier molecular flexibility index (Phi) is 2.59. The van der Waals surface area contributed by atoms with Gasteiger partial charge in [0.2, 0.25) is 0 Å². The first-order valence-corrected chi connectivity index (χ1v) is 2.17. The SMILES string of the molecule is O=C(O)/C(Br)=C/F. The molecule has 0 unspecified atom stereocenters. The Bertz CT molecular complexity index is 110. The lowest BCUT2D eigenvalue weighted by Gasteiger charge is -1.79. The van der Waals surface area contributed by atoms with E-state index in [1.807, 2.05) is 0 Å². The van der Waals surface area contributed by atoms with E-state index in [-0.39, 0.29) is 6.33 Å². The van der Waals surface area contributed by atoms with Gasteiger partial charge in [0, 0.05) is 0 Å². The van der Waals surface area contributed by atoms with Crippen LogP contribution in [-0.2, 0) is 4.79 Å². The van der Waals surface area contributed by atoms with Gasteiger partial charge in [-0.15, -0.1) is 0 Å². The van der Waals surface area contributed by atoms with Crippen LogP contribution in [0.2, 0.25) is 0 Å². The first-order chi connectivity index (χ1) is 3.18. The van der Waals surface area contributed by atoms with Crippen LogP contribution in [0.5, 0.6) is 0 Å². The lowest BCUT2D eigenvalue weighted by Crippen LogP contribution is -1.90. The van der Waals surface area contributed by atoms with E-state index in [1.54, 1.807) is 0 Å². The average Bonchev–Trinajstić information content (AvgIpc) is 1.65. The predicted molar refractivity (Wildman–Crippen MR) is 25.8 cm³/mol. The van der Waals surface area contributed by atoms with Crippen molar-refractivity contribution in [2.24, 2.45) is 0 Å². The van der Waals surface area contributed by atoms with Crippen LogP contribution in [0.1, 0.15) is 0 Å². The second-order valence-corrected chi connectivity index (χ2v) is 1.62. The molecule has 0 aliphatic rings. The Hall–Kier alpha value is -0.380. The van der Waals surface area contributed by atoms with Gasteiger partial charge in [-0.1, -0.05) is 0 Å². The number of aliphatic carboxylic acids is 1. The van der Waals surface area contributed by atoms with Crippen molar-refractivity contribution in [2.45, 2.75) is 0 Å². The summed E-state index contributed by atoms with van der Waals surface area (Å²) < 4.78 is 10.6. The van der Waals surface area contributed by atoms with Gasteiger partial charge in [0.1, 0.15) is 10.8 Å². The van der Waals surface area contributed by atoms with Crippen LogP contribution in [0, 0.1) is 0 Å². The molecule has 0 aliphatic carbocycles. The van der Waals surface area contributed by atoms with Crippen LogP contribution in [-0.4, -0.2) is 11.1 Å². The molecule has 7 heavy (non-hydrogen) atoms. The maximum Gasteiger partial charge on any atom is 0.345 e. The maximum absolute atomic E-state index is 11.0. The first kappa shape index (κ1) is 6.62. The summed E-state index contributed by atoms with van der Waals surface area (Å²) in [6, 6.07) is 0. The fourth-order valence-electron chi connectivity index (χ4n) is 0.0467. The average molecular weight is 169 g/mol. The van der Waals surface area contributed by atoms with E-state index in [0.29, 0.717) is 0 Å². The Morgan fingerprint density at radius 1 is 1.86 bits per heavy atom. The Morgan fingerprint density at radius 2 is 2.29 bits per heavy atom. The summed E-state index contributed by atoms with van der Waals surface area (Å²) >= 11 is 2.43. The number of hydrogen-bond acceptors (Lipinski definition) is 1. The minimum atomic E-state index is -1.30. The normalized spacial score (nSPS) is 11.4. The number of hydrogen-bond donors (Lipinski definition) is 1. The fraction of sp³-hybridized carbons (Fsp3) is 0. The number of carboxylic acid groups (broad SMARTS) is 1. The summed E-state index contributed by atoms with van der Waals surface area (Å²) in [5.41, 5.74) is 0. The molecular formula is C3H2BrFO2. The third-order valence-corrected chi connectivity index (χ3v) is 0.812. The molecule has 2 nitrogen and oxygen atoms in total. The molecule has 0 aromatic heterocycles. The minimum absolute atomic E-state index is 0.0255. The van der Waals surface area contributed by atoms with E-state index in [9.17, 15) is 9.18 Å². The molecule has 0 radical (unpaired) electrons. The van der Waals surface area contributed by atoms with E-state index in [4.69, 9.17) is 5.11 Å². The molecule has 0 rings (SSSR count). The number of carboxylic acids is 1. The molecule has 0 heterocycles. The monoisotopic (exact) mass is 168 g/mol. The van der Waals surface area contributed by atoms with Crippen LogP contribution in [0.3, 0.4) is 0 Å². The molecule has 4 heteroatoms. The standard InChI is InChI=1S/C3H2BrFO2/c4-2(1-5)3(6)7/h1H,(H,6,7)/b2-1-. The molecule has 0 fully saturated rings. The molecule has 0 atom stereocenters. The van der Waals surface area contributed by atoms with Crippen LogP contribution in [0.15, 0.2) is 10.8 Å². The highest BCUT2D eigenvalue weighted by atomic mass is 79.9. The smallest absolute Gasteiger partial charge is 0.345 e. The fourth-order valence-corrected chi connectivity index (χ4v) is 0.0467. The van der Waals surface area contributed by atoms with E-state index in [1.165, 1.54) is 0 Å². The molecule has 0 aromatic rings. The molecular weight excluding hydrogens is 167 g/mol. The van der Waals surface area contributed by atoms with Crippen LogP contribution in [0.25, 0.3) is 0 Å². The highest BCUT2D eigenvalue weighted by Crippen LogP contribution is 2.02. The van der Waals surface area contributed by atoms with E-state index in [2.05, 4.69) is 15.9 Å². The lowest BCUT2D eigenvalue weighted by molar-refractivity contribution is -0.131. The van der Waals surface area contributed by atoms with Gasteiger partial charge in [-0.3, -0.25) is 0 Å². The van der Waals surface area contributed by atoms with Crippen molar-refractivity contribution in [1.82, 2.24) is 0 Å². The van der Waals surface area contributed by atoms with Crippen molar-refractivity contribution >= 4 is 21.9 Å². The van der Waals surface area contributed by atoms with E-state index >= 15 is 0 Å². The summed E-state index contributed by atoms with van der Waals surface area (Å²) in [6.45, 7) is 0. The van der Waals surface area contributed by atoms with Crippen LogP contribution >= 0.6 is 15.9 Å². The molecule has 1 N–H and O–H groups in total. The van der Waals surface area contributed by atoms with Crippen molar-refractivity contribution in [1.29, 1.82) is 0 Å². The summed E-state index contributed by atoms with van der Waals surface area (Å²) in [4.78, 5) is 9.58. The van der Waals surface area contributed by atoms with Gasteiger partial charge < -0.3 is 5.11 Å². The largest absolute Gasteiger partial charge is 0.477 e. The van der Waals surface area contributed by atoms with Crippen molar-refractivity contribution < 1.29 is 14.3 Å². The third kappa shape index (κ3) is 2.33. The minimum Gasteiger partial charge on any atom is -0.477 e. The molecule has 0 bridgehead atoms. The molecule has 0 amide bonds. The topological polar surface area (TPSA) is 37.3 Å². The maximum atomic E-state index is 11.0. The zero-order chi connectivity index (χ0) is 5.86. The summed E-state index contributed by atoms with van der Waals surface area (Å²) in [7, 11) is 0. The molecule has 0 spiro atoms. The third-order valence-electron chi connectivity index (χ3n) is 0.300. The number of rotatable bonds is 1. The second kappa shape index (κ2) is 2.74. The molecule has 0 saturated heterocycles. The van der Waals surface area contributed by atoms with Gasteiger partial charge in [0.25, 0.3) is 0 Å². The summed E-state index contributed by atoms with van der Waals surface area (Å²) in [5.74, 6) is -1.30. The van der Waals surface area contributed by atoms with Gasteiger partial charge in [-0.25, -0.2) is 9.18 Å². The zero-order valence-electron chi connectivity index (χ0n) is 3.19. The van der Waals surface area contributed by atoms with Gasteiger partial charge in [0.15, 0.2) is 0 Å². The molecule has 0 saturated carbocycles. The first-order valence-electron chi connectivity index (χ1n) is 1.37. The Labute approximate surface area is 47.8 Å². The van der Waals surface area contributed by atoms with Crippen LogP contribution < -0.4 is 0 Å². The van der Waals surface area contributed by atoms with E-state index in [0.717, 1.165) is 0 Å². The van der Waals surface area contributed by atoms with Gasteiger partial charge in [-0.2, -0.15) is 0 Å². The highest BCUT2D eigenvalue weighted by molar-refractivity contribution is 9.12. The molecule has 40 valence electrons. The highest BCUT2D eigenvalue weighted by Gasteiger charge is 1.98. The van der Waals surface area contributed by atoms with E-state index < -0.39 is 10.5 Å². The second-order valence-electron chi connectivity index (χ2n) is 0.762. The number of halogens is 2. The van der Waals surface area contributed by atoms with Crippen molar-refractivity contribution in [3.8, 4) is 0 Å². The van der Waals surface area contributed by atoms with Crippen molar-refractivity contribution in [3.63, 3.8) is 0 Å². The molecule has 0 aromatic carbocycles. The molecule has 0 aliphatic heterocycles. The zero-order valence-corrected chi connectivity index (χ0v) is 4.77. The summed E-state index contributed by atoms with van der Waals surface area (Å²) in [5, 5.41) is 7.83.